The summed E-state index contributed by atoms with van der Waals surface area (Å²) in [4.78, 5) is 35.5. The van der Waals surface area contributed by atoms with Crippen LogP contribution in [0.3, 0.4) is 0 Å². The minimum Gasteiger partial charge on any atom is -0.497 e. The minimum absolute atomic E-state index is 0.206. The summed E-state index contributed by atoms with van der Waals surface area (Å²) in [5.41, 5.74) is 0.847. The Morgan fingerprint density at radius 2 is 1.67 bits per heavy atom. The van der Waals surface area contributed by atoms with Crippen LogP contribution in [-0.2, 0) is 19.1 Å². The maximum atomic E-state index is 12.0. The summed E-state index contributed by atoms with van der Waals surface area (Å²) in [7, 11) is 3.06. The molecule has 2 rings (SSSR count). The number of carbonyl (C=O) groups is 3. The van der Waals surface area contributed by atoms with E-state index in [1.807, 2.05) is 0 Å². The molecule has 0 aromatic heterocycles. The monoisotopic (exact) mass is 416 g/mol. The molecule has 30 heavy (non-hydrogen) atoms. The predicted octanol–water partition coefficient (Wildman–Crippen LogP) is 1.63. The number of anilines is 1. The average molecular weight is 416 g/mol. The number of benzene rings is 2. The lowest BCUT2D eigenvalue weighted by atomic mass is 10.2. The highest BCUT2D eigenvalue weighted by atomic mass is 16.5. The summed E-state index contributed by atoms with van der Waals surface area (Å²) in [6.07, 6.45) is 0. The highest BCUT2D eigenvalue weighted by Gasteiger charge is 2.11. The summed E-state index contributed by atoms with van der Waals surface area (Å²) in [5.74, 6) is -0.360. The van der Waals surface area contributed by atoms with Gasteiger partial charge in [-0.1, -0.05) is 6.07 Å². The maximum absolute atomic E-state index is 12.0. The lowest BCUT2D eigenvalue weighted by Crippen LogP contribution is -2.31. The molecular formula is C21H24N2O7. The summed E-state index contributed by atoms with van der Waals surface area (Å²) in [5, 5.41) is 5.24. The van der Waals surface area contributed by atoms with Crippen LogP contribution in [0.1, 0.15) is 10.4 Å². The molecular weight excluding hydrogens is 392 g/mol. The first-order chi connectivity index (χ1) is 14.5. The van der Waals surface area contributed by atoms with Crippen molar-refractivity contribution in [2.75, 3.05) is 45.9 Å². The Balaban J connectivity index is 1.76. The Labute approximate surface area is 174 Å². The zero-order valence-corrected chi connectivity index (χ0v) is 16.8. The van der Waals surface area contributed by atoms with Crippen LogP contribution in [0.2, 0.25) is 0 Å². The Morgan fingerprint density at radius 3 is 2.37 bits per heavy atom. The first-order valence-corrected chi connectivity index (χ1v) is 9.11. The van der Waals surface area contributed by atoms with Crippen LogP contribution >= 0.6 is 0 Å². The number of amides is 2. The fraction of sp³-hybridized carbons (Fsp3) is 0.286. The van der Waals surface area contributed by atoms with Crippen LogP contribution in [0.4, 0.5) is 5.69 Å². The van der Waals surface area contributed by atoms with Crippen molar-refractivity contribution < 1.29 is 33.3 Å². The summed E-state index contributed by atoms with van der Waals surface area (Å²) in [6, 6.07) is 13.0. The Bertz CT molecular complexity index is 853. The van der Waals surface area contributed by atoms with Gasteiger partial charge >= 0.3 is 5.97 Å². The number of hydrogen-bond acceptors (Lipinski definition) is 7. The zero-order chi connectivity index (χ0) is 21.8. The molecule has 2 aromatic rings. The van der Waals surface area contributed by atoms with E-state index in [0.29, 0.717) is 30.3 Å². The van der Waals surface area contributed by atoms with Gasteiger partial charge < -0.3 is 29.6 Å². The van der Waals surface area contributed by atoms with E-state index < -0.39 is 11.9 Å². The van der Waals surface area contributed by atoms with Crippen molar-refractivity contribution in [3.05, 3.63) is 54.1 Å². The number of nitrogens with one attached hydrogen (secondary N) is 2. The lowest BCUT2D eigenvalue weighted by molar-refractivity contribution is -0.124. The second-order valence-electron chi connectivity index (χ2n) is 6.01. The fourth-order valence-corrected chi connectivity index (χ4v) is 2.29. The highest BCUT2D eigenvalue weighted by Crippen LogP contribution is 2.17. The van der Waals surface area contributed by atoms with Crippen molar-refractivity contribution in [3.8, 4) is 11.5 Å². The molecule has 0 bridgehead atoms. The van der Waals surface area contributed by atoms with Crippen molar-refractivity contribution in [2.24, 2.45) is 0 Å². The summed E-state index contributed by atoms with van der Waals surface area (Å²) >= 11 is 0. The standard InChI is InChI=1S/C21H24N2O7/c1-27-11-10-22-19(24)13-30-21(26)15-6-8-17(9-7-15)29-14-20(25)23-16-4-3-5-18(12-16)28-2/h3-9,12H,10-11,13-14H2,1-2H3,(H,22,24)(H,23,25). The molecule has 0 unspecified atom stereocenters. The van der Waals surface area contributed by atoms with E-state index in [-0.39, 0.29) is 24.7 Å². The van der Waals surface area contributed by atoms with Gasteiger partial charge in [0.2, 0.25) is 0 Å². The highest BCUT2D eigenvalue weighted by molar-refractivity contribution is 5.92. The Kier molecular flexibility index (Phi) is 9.14. The van der Waals surface area contributed by atoms with Crippen LogP contribution < -0.4 is 20.1 Å². The molecule has 0 aliphatic heterocycles. The fourth-order valence-electron chi connectivity index (χ4n) is 2.29. The molecule has 0 saturated heterocycles. The van der Waals surface area contributed by atoms with Crippen molar-refractivity contribution >= 4 is 23.5 Å². The van der Waals surface area contributed by atoms with Gasteiger partial charge in [-0.2, -0.15) is 0 Å². The third kappa shape index (κ3) is 7.80. The molecule has 160 valence electrons. The second kappa shape index (κ2) is 12.1. The first kappa shape index (κ1) is 22.7. The zero-order valence-electron chi connectivity index (χ0n) is 16.8. The molecule has 0 spiro atoms. The lowest BCUT2D eigenvalue weighted by Gasteiger charge is -2.09. The van der Waals surface area contributed by atoms with Crippen molar-refractivity contribution in [1.29, 1.82) is 0 Å². The van der Waals surface area contributed by atoms with Crippen LogP contribution in [0.25, 0.3) is 0 Å². The molecule has 0 saturated carbocycles. The maximum Gasteiger partial charge on any atom is 0.338 e. The normalized spacial score (nSPS) is 10.1. The molecule has 2 amide bonds. The second-order valence-corrected chi connectivity index (χ2v) is 6.01. The van der Waals surface area contributed by atoms with Crippen LogP contribution in [0, 0.1) is 0 Å². The van der Waals surface area contributed by atoms with Crippen LogP contribution in [0.5, 0.6) is 11.5 Å². The van der Waals surface area contributed by atoms with Gasteiger partial charge in [0, 0.05) is 25.4 Å². The smallest absolute Gasteiger partial charge is 0.338 e. The van der Waals surface area contributed by atoms with E-state index in [2.05, 4.69) is 10.6 Å². The van der Waals surface area contributed by atoms with E-state index in [1.54, 1.807) is 31.4 Å². The summed E-state index contributed by atoms with van der Waals surface area (Å²) in [6.45, 7) is 0.122. The Morgan fingerprint density at radius 1 is 0.900 bits per heavy atom. The SMILES string of the molecule is COCCNC(=O)COC(=O)c1ccc(OCC(=O)Nc2cccc(OC)c2)cc1. The third-order valence-corrected chi connectivity index (χ3v) is 3.78. The molecule has 9 nitrogen and oxygen atoms in total. The average Bonchev–Trinajstić information content (AvgIpc) is 2.76. The van der Waals surface area contributed by atoms with Crippen LogP contribution in [-0.4, -0.2) is 58.4 Å². The quantitative estimate of drug-likeness (QED) is 0.423. The van der Waals surface area contributed by atoms with Crippen LogP contribution in [0.15, 0.2) is 48.5 Å². The molecule has 2 aromatic carbocycles. The van der Waals surface area contributed by atoms with Gasteiger partial charge in [0.25, 0.3) is 11.8 Å². The summed E-state index contributed by atoms with van der Waals surface area (Å²) < 4.78 is 20.3. The molecule has 0 heterocycles. The van der Waals surface area contributed by atoms with E-state index in [0.717, 1.165) is 0 Å². The van der Waals surface area contributed by atoms with Crippen molar-refractivity contribution in [3.63, 3.8) is 0 Å². The number of esters is 1. The number of ether oxygens (including phenoxy) is 4. The number of carbonyl (C=O) groups excluding carboxylic acids is 3. The molecule has 2 N–H and O–H groups in total. The number of rotatable bonds is 11. The number of hydrogen-bond donors (Lipinski definition) is 2. The Hall–Kier alpha value is -3.59. The third-order valence-electron chi connectivity index (χ3n) is 3.78. The van der Waals surface area contributed by atoms with Gasteiger partial charge in [0.1, 0.15) is 11.5 Å². The first-order valence-electron chi connectivity index (χ1n) is 9.11. The van der Waals surface area contributed by atoms with Crippen molar-refractivity contribution in [2.45, 2.75) is 0 Å². The van der Waals surface area contributed by atoms with E-state index in [1.165, 1.54) is 31.4 Å². The van der Waals surface area contributed by atoms with E-state index >= 15 is 0 Å². The molecule has 0 fully saturated rings. The minimum atomic E-state index is -0.640. The van der Waals surface area contributed by atoms with Gasteiger partial charge in [-0.05, 0) is 36.4 Å². The van der Waals surface area contributed by atoms with Gasteiger partial charge in [-0.3, -0.25) is 9.59 Å². The van der Waals surface area contributed by atoms with Gasteiger partial charge in [-0.15, -0.1) is 0 Å². The molecule has 9 heteroatoms. The van der Waals surface area contributed by atoms with Gasteiger partial charge in [0.15, 0.2) is 13.2 Å². The van der Waals surface area contributed by atoms with E-state index in [4.69, 9.17) is 18.9 Å². The molecule has 0 atom stereocenters. The van der Waals surface area contributed by atoms with Crippen molar-refractivity contribution in [1.82, 2.24) is 5.32 Å². The predicted molar refractivity (Wildman–Crippen MR) is 109 cm³/mol. The molecule has 0 aliphatic carbocycles. The molecule has 0 aliphatic rings. The van der Waals surface area contributed by atoms with E-state index in [9.17, 15) is 14.4 Å². The van der Waals surface area contributed by atoms with Gasteiger partial charge in [-0.25, -0.2) is 4.79 Å². The largest absolute Gasteiger partial charge is 0.497 e. The van der Waals surface area contributed by atoms with Gasteiger partial charge in [0.05, 0.1) is 19.3 Å². The topological polar surface area (TPSA) is 112 Å². The molecule has 0 radical (unpaired) electrons. The number of methoxy groups -OCH3 is 2.